The number of nitrogens with one attached hydrogen (secondary N) is 1. The first-order chi connectivity index (χ1) is 12.9. The SMILES string of the molecule is CCC(CNC(=O)CC(C)c1cccc(OC)c1)(C(=O)O)c1ccccc1. The van der Waals surface area contributed by atoms with Crippen LogP contribution in [0, 0.1) is 0 Å². The molecule has 27 heavy (non-hydrogen) atoms. The molecule has 0 spiro atoms. The Morgan fingerprint density at radius 1 is 1.15 bits per heavy atom. The number of carboxylic acids is 1. The summed E-state index contributed by atoms with van der Waals surface area (Å²) in [6.45, 7) is 3.86. The lowest BCUT2D eigenvalue weighted by molar-refractivity contribution is -0.144. The largest absolute Gasteiger partial charge is 0.497 e. The Kier molecular flexibility index (Phi) is 6.99. The van der Waals surface area contributed by atoms with Gasteiger partial charge >= 0.3 is 5.97 Å². The first-order valence-corrected chi connectivity index (χ1v) is 9.12. The van der Waals surface area contributed by atoms with Crippen molar-refractivity contribution in [3.05, 3.63) is 65.7 Å². The van der Waals surface area contributed by atoms with Crippen LogP contribution >= 0.6 is 0 Å². The average Bonchev–Trinajstić information content (AvgIpc) is 2.69. The smallest absolute Gasteiger partial charge is 0.315 e. The van der Waals surface area contributed by atoms with Gasteiger partial charge in [0.05, 0.1) is 7.11 Å². The van der Waals surface area contributed by atoms with Gasteiger partial charge in [0.25, 0.3) is 0 Å². The number of carboxylic acid groups (broad SMARTS) is 1. The van der Waals surface area contributed by atoms with Crippen molar-refractivity contribution in [3.8, 4) is 5.75 Å². The molecule has 5 nitrogen and oxygen atoms in total. The summed E-state index contributed by atoms with van der Waals surface area (Å²) in [4.78, 5) is 24.5. The molecule has 2 N–H and O–H groups in total. The van der Waals surface area contributed by atoms with E-state index in [1.54, 1.807) is 19.2 Å². The molecule has 1 amide bonds. The minimum atomic E-state index is -1.13. The lowest BCUT2D eigenvalue weighted by atomic mass is 9.78. The molecule has 2 atom stereocenters. The van der Waals surface area contributed by atoms with E-state index < -0.39 is 11.4 Å². The van der Waals surface area contributed by atoms with E-state index in [9.17, 15) is 14.7 Å². The monoisotopic (exact) mass is 369 g/mol. The van der Waals surface area contributed by atoms with Crippen LogP contribution in [0.25, 0.3) is 0 Å². The van der Waals surface area contributed by atoms with Crippen LogP contribution in [0.3, 0.4) is 0 Å². The minimum Gasteiger partial charge on any atom is -0.497 e. The van der Waals surface area contributed by atoms with Crippen LogP contribution in [0.5, 0.6) is 5.75 Å². The van der Waals surface area contributed by atoms with Gasteiger partial charge in [-0.3, -0.25) is 9.59 Å². The highest BCUT2D eigenvalue weighted by atomic mass is 16.5. The van der Waals surface area contributed by atoms with Gasteiger partial charge in [-0.1, -0.05) is 56.3 Å². The van der Waals surface area contributed by atoms with E-state index in [0.29, 0.717) is 12.0 Å². The van der Waals surface area contributed by atoms with Crippen LogP contribution in [0.2, 0.25) is 0 Å². The second kappa shape index (κ2) is 9.21. The maximum Gasteiger partial charge on any atom is 0.315 e. The number of benzene rings is 2. The Morgan fingerprint density at radius 2 is 1.85 bits per heavy atom. The van der Waals surface area contributed by atoms with Crippen LogP contribution in [-0.4, -0.2) is 30.6 Å². The van der Waals surface area contributed by atoms with Crippen molar-refractivity contribution in [3.63, 3.8) is 0 Å². The number of carbonyl (C=O) groups excluding carboxylic acids is 1. The molecule has 0 saturated heterocycles. The third-order valence-corrected chi connectivity index (χ3v) is 5.08. The van der Waals surface area contributed by atoms with Crippen molar-refractivity contribution in [1.82, 2.24) is 5.32 Å². The van der Waals surface area contributed by atoms with Crippen LogP contribution in [0.15, 0.2) is 54.6 Å². The molecule has 2 aromatic rings. The van der Waals surface area contributed by atoms with Gasteiger partial charge in [0.15, 0.2) is 0 Å². The predicted molar refractivity (Wildman–Crippen MR) is 105 cm³/mol. The number of ether oxygens (including phenoxy) is 1. The molecule has 144 valence electrons. The van der Waals surface area contributed by atoms with Crippen LogP contribution < -0.4 is 10.1 Å². The van der Waals surface area contributed by atoms with Gasteiger partial charge in [-0.15, -0.1) is 0 Å². The van der Waals surface area contributed by atoms with Gasteiger partial charge in [-0.05, 0) is 35.6 Å². The third-order valence-electron chi connectivity index (χ3n) is 5.08. The van der Waals surface area contributed by atoms with Gasteiger partial charge in [0.1, 0.15) is 11.2 Å². The van der Waals surface area contributed by atoms with E-state index in [-0.39, 0.29) is 24.8 Å². The van der Waals surface area contributed by atoms with Crippen molar-refractivity contribution < 1.29 is 19.4 Å². The molecule has 0 heterocycles. The Hall–Kier alpha value is -2.82. The van der Waals surface area contributed by atoms with Gasteiger partial charge in [0.2, 0.25) is 5.91 Å². The molecule has 5 heteroatoms. The molecule has 2 rings (SSSR count). The van der Waals surface area contributed by atoms with Gasteiger partial charge in [0, 0.05) is 13.0 Å². The van der Waals surface area contributed by atoms with E-state index in [4.69, 9.17) is 4.74 Å². The lowest BCUT2D eigenvalue weighted by Gasteiger charge is -2.29. The molecule has 0 aliphatic carbocycles. The number of aliphatic carboxylic acids is 1. The Balaban J connectivity index is 2.06. The standard InChI is InChI=1S/C22H27NO4/c1-4-22(21(25)26,18-10-6-5-7-11-18)15-23-20(24)13-16(2)17-9-8-12-19(14-17)27-3/h5-12,14,16H,4,13,15H2,1-3H3,(H,23,24)(H,25,26). The second-order valence-corrected chi connectivity index (χ2v) is 6.77. The molecule has 0 aliphatic rings. The van der Waals surface area contributed by atoms with Crippen molar-refractivity contribution >= 4 is 11.9 Å². The fraction of sp³-hybridized carbons (Fsp3) is 0.364. The van der Waals surface area contributed by atoms with Gasteiger partial charge in [-0.25, -0.2) is 0 Å². The molecule has 0 bridgehead atoms. The van der Waals surface area contributed by atoms with Crippen LogP contribution in [0.1, 0.15) is 43.7 Å². The zero-order valence-electron chi connectivity index (χ0n) is 16.1. The number of hydrogen-bond donors (Lipinski definition) is 2. The molecule has 2 aromatic carbocycles. The van der Waals surface area contributed by atoms with E-state index in [2.05, 4.69) is 5.32 Å². The first kappa shape index (κ1) is 20.5. The summed E-state index contributed by atoms with van der Waals surface area (Å²) >= 11 is 0. The molecule has 0 aromatic heterocycles. The molecule has 0 aliphatic heterocycles. The molecule has 2 unspecified atom stereocenters. The summed E-state index contributed by atoms with van der Waals surface area (Å²) in [5.74, 6) is -0.352. The average molecular weight is 369 g/mol. The highest BCUT2D eigenvalue weighted by Gasteiger charge is 2.39. The van der Waals surface area contributed by atoms with Crippen LogP contribution in [0.4, 0.5) is 0 Å². The second-order valence-electron chi connectivity index (χ2n) is 6.77. The lowest BCUT2D eigenvalue weighted by Crippen LogP contribution is -2.46. The number of rotatable bonds is 9. The van der Waals surface area contributed by atoms with E-state index >= 15 is 0 Å². The van der Waals surface area contributed by atoms with E-state index in [0.717, 1.165) is 11.3 Å². The Bertz CT molecular complexity index is 775. The summed E-state index contributed by atoms with van der Waals surface area (Å²) < 4.78 is 5.23. The Morgan fingerprint density at radius 3 is 2.44 bits per heavy atom. The normalized spacial score (nSPS) is 14.0. The molecule has 0 saturated carbocycles. The highest BCUT2D eigenvalue weighted by molar-refractivity contribution is 5.83. The molecule has 0 fully saturated rings. The van der Waals surface area contributed by atoms with Crippen molar-refractivity contribution in [2.24, 2.45) is 0 Å². The third kappa shape index (κ3) is 4.88. The number of carbonyl (C=O) groups is 2. The van der Waals surface area contributed by atoms with Crippen molar-refractivity contribution in [1.29, 1.82) is 0 Å². The number of hydrogen-bond acceptors (Lipinski definition) is 3. The fourth-order valence-corrected chi connectivity index (χ4v) is 3.20. The summed E-state index contributed by atoms with van der Waals surface area (Å²) in [5, 5.41) is 12.7. The number of amides is 1. The quantitative estimate of drug-likeness (QED) is 0.706. The molecule has 0 radical (unpaired) electrons. The predicted octanol–water partition coefficient (Wildman–Crippen LogP) is 3.74. The van der Waals surface area contributed by atoms with Gasteiger partial charge < -0.3 is 15.2 Å². The maximum atomic E-state index is 12.5. The maximum absolute atomic E-state index is 12.5. The topological polar surface area (TPSA) is 75.6 Å². The number of methoxy groups -OCH3 is 1. The fourth-order valence-electron chi connectivity index (χ4n) is 3.20. The van der Waals surface area contributed by atoms with Crippen LogP contribution in [-0.2, 0) is 15.0 Å². The van der Waals surface area contributed by atoms with Crippen molar-refractivity contribution in [2.45, 2.75) is 38.0 Å². The molecular formula is C22H27NO4. The Labute approximate surface area is 160 Å². The zero-order valence-corrected chi connectivity index (χ0v) is 16.1. The van der Waals surface area contributed by atoms with E-state index in [1.165, 1.54) is 0 Å². The summed E-state index contributed by atoms with van der Waals surface area (Å²) in [7, 11) is 1.61. The van der Waals surface area contributed by atoms with Crippen molar-refractivity contribution in [2.75, 3.05) is 13.7 Å². The summed E-state index contributed by atoms with van der Waals surface area (Å²) in [6, 6.07) is 16.7. The van der Waals surface area contributed by atoms with Gasteiger partial charge in [-0.2, -0.15) is 0 Å². The summed E-state index contributed by atoms with van der Waals surface area (Å²) in [5.41, 5.74) is 0.574. The zero-order chi connectivity index (χ0) is 19.9. The first-order valence-electron chi connectivity index (χ1n) is 9.12. The van der Waals surface area contributed by atoms with E-state index in [1.807, 2.05) is 56.3 Å². The highest BCUT2D eigenvalue weighted by Crippen LogP contribution is 2.28. The minimum absolute atomic E-state index is 0.00215. The summed E-state index contributed by atoms with van der Waals surface area (Å²) in [6.07, 6.45) is 0.666. The molecular weight excluding hydrogens is 342 g/mol.